The monoisotopic (exact) mass is 403 g/mol. The number of fused-ring (bicyclic) bond motifs is 1. The molecule has 0 aliphatic carbocycles. The fourth-order valence-electron chi connectivity index (χ4n) is 3.09. The van der Waals surface area contributed by atoms with E-state index in [4.69, 9.17) is 11.6 Å². The smallest absolute Gasteiger partial charge is 0.267 e. The molecule has 0 unspecified atom stereocenters. The molecule has 1 N–H and O–H groups in total. The molecule has 6 heteroatoms. The van der Waals surface area contributed by atoms with Crippen LogP contribution in [0.25, 0.3) is 22.3 Å². The summed E-state index contributed by atoms with van der Waals surface area (Å²) in [7, 11) is 0. The van der Waals surface area contributed by atoms with Crippen LogP contribution in [-0.2, 0) is 6.42 Å². The van der Waals surface area contributed by atoms with Gasteiger partial charge in [0.1, 0.15) is 0 Å². The molecule has 144 valence electrons. The predicted molar refractivity (Wildman–Crippen MR) is 116 cm³/mol. The van der Waals surface area contributed by atoms with E-state index < -0.39 is 0 Å². The average Bonchev–Trinajstić information content (AvgIpc) is 2.76. The van der Waals surface area contributed by atoms with Crippen molar-refractivity contribution in [1.29, 1.82) is 0 Å². The summed E-state index contributed by atoms with van der Waals surface area (Å²) < 4.78 is 1.20. The molecule has 1 heterocycles. The van der Waals surface area contributed by atoms with Crippen LogP contribution >= 0.6 is 11.6 Å². The maximum Gasteiger partial charge on any atom is 0.280 e. The molecule has 3 aromatic carbocycles. The van der Waals surface area contributed by atoms with Gasteiger partial charge in [0.2, 0.25) is 0 Å². The Hall–Kier alpha value is -3.44. The molecule has 0 aliphatic rings. The Morgan fingerprint density at radius 2 is 1.69 bits per heavy atom. The van der Waals surface area contributed by atoms with Crippen molar-refractivity contribution >= 4 is 28.4 Å². The lowest BCUT2D eigenvalue weighted by molar-refractivity contribution is 0.101. The third kappa shape index (κ3) is 3.77. The number of carbonyl (C=O) groups excluding carboxylic acids is 1. The highest BCUT2D eigenvalue weighted by Gasteiger charge is 2.16. The van der Waals surface area contributed by atoms with E-state index in [0.717, 1.165) is 12.0 Å². The molecule has 4 rings (SSSR count). The lowest BCUT2D eigenvalue weighted by atomic mass is 10.1. The van der Waals surface area contributed by atoms with Crippen LogP contribution in [0.15, 0.2) is 77.6 Å². The van der Waals surface area contributed by atoms with Gasteiger partial charge >= 0.3 is 0 Å². The second-order valence-corrected chi connectivity index (χ2v) is 7.03. The van der Waals surface area contributed by atoms with Gasteiger partial charge in [-0.05, 0) is 60.5 Å². The van der Waals surface area contributed by atoms with E-state index in [2.05, 4.69) is 10.4 Å². The average molecular weight is 404 g/mol. The van der Waals surface area contributed by atoms with Crippen LogP contribution in [0.2, 0.25) is 5.02 Å². The van der Waals surface area contributed by atoms with Crippen LogP contribution in [0.4, 0.5) is 0 Å². The van der Waals surface area contributed by atoms with E-state index in [1.54, 1.807) is 54.6 Å². The van der Waals surface area contributed by atoms with Gasteiger partial charge < -0.3 is 0 Å². The summed E-state index contributed by atoms with van der Waals surface area (Å²) >= 11 is 6.00. The predicted octanol–water partition coefficient (Wildman–Crippen LogP) is 4.66. The van der Waals surface area contributed by atoms with Crippen molar-refractivity contribution in [3.63, 3.8) is 0 Å². The van der Waals surface area contributed by atoms with Gasteiger partial charge in [-0.2, -0.15) is 4.68 Å². The molecular weight excluding hydrogens is 386 g/mol. The SMILES string of the molecule is CCc1ccc(C(=O)Nn2c(-c3ccc(Cl)cc3)nc3ccccc3c2=O)cc1. The first kappa shape index (κ1) is 18.9. The fraction of sp³-hybridized carbons (Fsp3) is 0.0870. The van der Waals surface area contributed by atoms with Gasteiger partial charge in [-0.1, -0.05) is 42.8 Å². The molecule has 5 nitrogen and oxygen atoms in total. The Morgan fingerprint density at radius 1 is 1.00 bits per heavy atom. The summed E-state index contributed by atoms with van der Waals surface area (Å²) in [6, 6.07) is 21.3. The van der Waals surface area contributed by atoms with Gasteiger partial charge in [0.25, 0.3) is 11.5 Å². The van der Waals surface area contributed by atoms with E-state index >= 15 is 0 Å². The highest BCUT2D eigenvalue weighted by atomic mass is 35.5. The topological polar surface area (TPSA) is 64.0 Å². The number of carbonyl (C=O) groups is 1. The number of nitrogens with one attached hydrogen (secondary N) is 1. The largest absolute Gasteiger partial charge is 0.280 e. The van der Waals surface area contributed by atoms with Crippen LogP contribution in [0.1, 0.15) is 22.8 Å². The number of hydrogen-bond acceptors (Lipinski definition) is 3. The zero-order valence-electron chi connectivity index (χ0n) is 15.7. The van der Waals surface area contributed by atoms with Crippen molar-refractivity contribution in [2.24, 2.45) is 0 Å². The third-order valence-electron chi connectivity index (χ3n) is 4.72. The minimum absolute atomic E-state index is 0.337. The molecule has 0 fully saturated rings. The molecule has 1 aromatic heterocycles. The number of aryl methyl sites for hydroxylation is 1. The molecule has 4 aromatic rings. The summed E-state index contributed by atoms with van der Waals surface area (Å²) in [6.07, 6.45) is 0.886. The van der Waals surface area contributed by atoms with E-state index in [0.29, 0.717) is 32.9 Å². The van der Waals surface area contributed by atoms with Crippen molar-refractivity contribution < 1.29 is 4.79 Å². The standard InChI is InChI=1S/C23H18ClN3O2/c1-2-15-7-9-17(10-8-15)22(28)26-27-21(16-11-13-18(24)14-12-16)25-20-6-4-3-5-19(20)23(27)29/h3-14H,2H2,1H3,(H,26,28). The Bertz CT molecular complexity index is 1250. The van der Waals surface area contributed by atoms with Crippen LogP contribution < -0.4 is 11.0 Å². The summed E-state index contributed by atoms with van der Waals surface area (Å²) in [5.41, 5.74) is 5.18. The Morgan fingerprint density at radius 3 is 2.38 bits per heavy atom. The lowest BCUT2D eigenvalue weighted by Gasteiger charge is -2.15. The number of rotatable bonds is 4. The van der Waals surface area contributed by atoms with Crippen molar-refractivity contribution in [1.82, 2.24) is 9.66 Å². The molecule has 0 saturated carbocycles. The molecule has 0 saturated heterocycles. The van der Waals surface area contributed by atoms with Crippen molar-refractivity contribution in [3.05, 3.63) is 99.3 Å². The number of hydrogen-bond donors (Lipinski definition) is 1. The van der Waals surface area contributed by atoms with Gasteiger partial charge in [0.15, 0.2) is 5.82 Å². The summed E-state index contributed by atoms with van der Waals surface area (Å²) in [4.78, 5) is 30.6. The molecule has 1 amide bonds. The van der Waals surface area contributed by atoms with Crippen molar-refractivity contribution in [3.8, 4) is 11.4 Å². The molecule has 29 heavy (non-hydrogen) atoms. The highest BCUT2D eigenvalue weighted by Crippen LogP contribution is 2.20. The maximum absolute atomic E-state index is 13.1. The Kier molecular flexibility index (Phi) is 5.14. The summed E-state index contributed by atoms with van der Waals surface area (Å²) in [5, 5.41) is 0.996. The second-order valence-electron chi connectivity index (χ2n) is 6.59. The van der Waals surface area contributed by atoms with Crippen LogP contribution in [-0.4, -0.2) is 15.6 Å². The van der Waals surface area contributed by atoms with Gasteiger partial charge in [-0.15, -0.1) is 0 Å². The van der Waals surface area contributed by atoms with E-state index in [1.807, 2.05) is 25.1 Å². The number of halogens is 1. The van der Waals surface area contributed by atoms with Crippen LogP contribution in [0, 0.1) is 0 Å². The molecule has 0 spiro atoms. The Labute approximate surface area is 172 Å². The first-order valence-electron chi connectivity index (χ1n) is 9.25. The number of benzene rings is 3. The molecule has 0 radical (unpaired) electrons. The minimum Gasteiger partial charge on any atom is -0.267 e. The van der Waals surface area contributed by atoms with Crippen molar-refractivity contribution in [2.45, 2.75) is 13.3 Å². The van der Waals surface area contributed by atoms with Gasteiger partial charge in [-0.3, -0.25) is 15.0 Å². The maximum atomic E-state index is 13.1. The zero-order chi connectivity index (χ0) is 20.4. The number of nitrogens with zero attached hydrogens (tertiary/aromatic N) is 2. The number of aromatic nitrogens is 2. The van der Waals surface area contributed by atoms with Crippen molar-refractivity contribution in [2.75, 3.05) is 5.43 Å². The first-order chi connectivity index (χ1) is 14.1. The third-order valence-corrected chi connectivity index (χ3v) is 4.97. The second kappa shape index (κ2) is 7.89. The minimum atomic E-state index is -0.387. The van der Waals surface area contributed by atoms with Gasteiger partial charge in [0, 0.05) is 16.1 Å². The first-order valence-corrected chi connectivity index (χ1v) is 9.62. The molecular formula is C23H18ClN3O2. The number of amides is 1. The quantitative estimate of drug-likeness (QED) is 0.538. The fourth-order valence-corrected chi connectivity index (χ4v) is 3.21. The van der Waals surface area contributed by atoms with E-state index in [9.17, 15) is 9.59 Å². The van der Waals surface area contributed by atoms with Gasteiger partial charge in [0.05, 0.1) is 10.9 Å². The van der Waals surface area contributed by atoms with Crippen LogP contribution in [0.3, 0.4) is 0 Å². The highest BCUT2D eigenvalue weighted by molar-refractivity contribution is 6.30. The number of para-hydroxylation sites is 1. The van der Waals surface area contributed by atoms with Crippen LogP contribution in [0.5, 0.6) is 0 Å². The molecule has 0 atom stereocenters. The normalized spacial score (nSPS) is 10.8. The summed E-state index contributed by atoms with van der Waals surface area (Å²) in [5.74, 6) is -0.0501. The lowest BCUT2D eigenvalue weighted by Crippen LogP contribution is -2.35. The summed E-state index contributed by atoms with van der Waals surface area (Å²) in [6.45, 7) is 2.05. The molecule has 0 bridgehead atoms. The van der Waals surface area contributed by atoms with E-state index in [-0.39, 0.29) is 11.5 Å². The van der Waals surface area contributed by atoms with E-state index in [1.165, 1.54) is 4.68 Å². The molecule has 0 aliphatic heterocycles. The Balaban J connectivity index is 1.83. The van der Waals surface area contributed by atoms with Gasteiger partial charge in [-0.25, -0.2) is 4.98 Å². The zero-order valence-corrected chi connectivity index (χ0v) is 16.5.